The molecule has 2 rings (SSSR count). The molecule has 0 bridgehead atoms. The summed E-state index contributed by atoms with van der Waals surface area (Å²) in [5, 5.41) is 8.71. The first-order chi connectivity index (χ1) is 8.19. The maximum atomic E-state index is 10.6. The molecule has 2 heterocycles. The highest BCUT2D eigenvalue weighted by Gasteiger charge is 2.24. The van der Waals surface area contributed by atoms with Crippen molar-refractivity contribution in [3.63, 3.8) is 0 Å². The van der Waals surface area contributed by atoms with Crippen LogP contribution in [0.25, 0.3) is 0 Å². The van der Waals surface area contributed by atoms with Crippen molar-refractivity contribution < 1.29 is 19.1 Å². The average molecular weight is 240 g/mol. The van der Waals surface area contributed by atoms with E-state index in [1.807, 2.05) is 6.92 Å². The Morgan fingerprint density at radius 3 is 3.24 bits per heavy atom. The Bertz CT molecular complexity index is 391. The molecule has 0 aromatic carbocycles. The summed E-state index contributed by atoms with van der Waals surface area (Å²) in [5.41, 5.74) is -0.0412. The number of likely N-dealkylation sites (tertiary alicyclic amines) is 1. The molecule has 1 unspecified atom stereocenters. The minimum Gasteiger partial charge on any atom is -0.476 e. The monoisotopic (exact) mass is 240 g/mol. The molecular formula is C11H16N2O4. The molecule has 1 aromatic rings. The number of aromatic nitrogens is 1. The summed E-state index contributed by atoms with van der Waals surface area (Å²) in [7, 11) is 0. The number of hydrogen-bond acceptors (Lipinski definition) is 5. The van der Waals surface area contributed by atoms with Crippen LogP contribution in [0.2, 0.25) is 0 Å². The second kappa shape index (κ2) is 5.29. The van der Waals surface area contributed by atoms with E-state index in [0.717, 1.165) is 26.1 Å². The van der Waals surface area contributed by atoms with Gasteiger partial charge in [0.25, 0.3) is 0 Å². The van der Waals surface area contributed by atoms with Gasteiger partial charge < -0.3 is 14.3 Å². The first kappa shape index (κ1) is 12.1. The molecule has 1 aromatic heterocycles. The van der Waals surface area contributed by atoms with Crippen LogP contribution in [0.5, 0.6) is 0 Å². The number of nitrogens with zero attached hydrogens (tertiary/aromatic N) is 2. The average Bonchev–Trinajstić information content (AvgIpc) is 2.89. The highest BCUT2D eigenvalue weighted by molar-refractivity contribution is 5.84. The first-order valence-electron chi connectivity index (χ1n) is 5.70. The quantitative estimate of drug-likeness (QED) is 0.827. The molecule has 0 spiro atoms. The van der Waals surface area contributed by atoms with E-state index in [0.29, 0.717) is 12.4 Å². The molecule has 6 heteroatoms. The number of carboxylic acid groups (broad SMARTS) is 1. The highest BCUT2D eigenvalue weighted by atomic mass is 16.5. The van der Waals surface area contributed by atoms with Crippen molar-refractivity contribution in [3.8, 4) is 0 Å². The van der Waals surface area contributed by atoms with Gasteiger partial charge >= 0.3 is 5.97 Å². The van der Waals surface area contributed by atoms with E-state index in [9.17, 15) is 4.79 Å². The summed E-state index contributed by atoms with van der Waals surface area (Å²) in [6, 6.07) is 0. The molecule has 1 fully saturated rings. The van der Waals surface area contributed by atoms with E-state index in [1.54, 1.807) is 0 Å². The lowest BCUT2D eigenvalue weighted by molar-refractivity contribution is 0.0672. The SMILES string of the molecule is CCOC1CCN(Cc2nc(C(=O)O)co2)C1. The second-order valence-corrected chi connectivity index (χ2v) is 4.03. The van der Waals surface area contributed by atoms with Gasteiger partial charge in [0.05, 0.1) is 12.6 Å². The Morgan fingerprint density at radius 1 is 1.76 bits per heavy atom. The molecule has 1 saturated heterocycles. The molecule has 0 radical (unpaired) electrons. The van der Waals surface area contributed by atoms with Crippen molar-refractivity contribution in [3.05, 3.63) is 17.8 Å². The first-order valence-corrected chi connectivity index (χ1v) is 5.70. The lowest BCUT2D eigenvalue weighted by atomic mass is 10.3. The van der Waals surface area contributed by atoms with Crippen LogP contribution < -0.4 is 0 Å². The van der Waals surface area contributed by atoms with E-state index in [2.05, 4.69) is 9.88 Å². The van der Waals surface area contributed by atoms with Gasteiger partial charge in [0, 0.05) is 19.7 Å². The van der Waals surface area contributed by atoms with Crippen molar-refractivity contribution in [2.75, 3.05) is 19.7 Å². The predicted molar refractivity (Wildman–Crippen MR) is 58.8 cm³/mol. The van der Waals surface area contributed by atoms with Crippen LogP contribution in [-0.4, -0.2) is 46.8 Å². The van der Waals surface area contributed by atoms with E-state index in [1.165, 1.54) is 6.26 Å². The summed E-state index contributed by atoms with van der Waals surface area (Å²) in [6.07, 6.45) is 2.45. The largest absolute Gasteiger partial charge is 0.476 e. The number of ether oxygens (including phenoxy) is 1. The zero-order valence-electron chi connectivity index (χ0n) is 9.76. The number of hydrogen-bond donors (Lipinski definition) is 1. The lowest BCUT2D eigenvalue weighted by Crippen LogP contribution is -2.23. The van der Waals surface area contributed by atoms with Gasteiger partial charge in [-0.05, 0) is 13.3 Å². The minimum atomic E-state index is -1.06. The van der Waals surface area contributed by atoms with E-state index in [4.69, 9.17) is 14.3 Å². The maximum absolute atomic E-state index is 10.6. The molecule has 94 valence electrons. The van der Waals surface area contributed by atoms with Crippen LogP contribution >= 0.6 is 0 Å². The lowest BCUT2D eigenvalue weighted by Gasteiger charge is -2.13. The predicted octanol–water partition coefficient (Wildman–Crippen LogP) is 0.984. The number of carboxylic acids is 1. The molecule has 0 aliphatic carbocycles. The number of rotatable bonds is 5. The molecule has 0 amide bonds. The van der Waals surface area contributed by atoms with E-state index >= 15 is 0 Å². The molecular weight excluding hydrogens is 224 g/mol. The van der Waals surface area contributed by atoms with Gasteiger partial charge in [0.1, 0.15) is 6.26 Å². The number of carbonyl (C=O) groups is 1. The Morgan fingerprint density at radius 2 is 2.59 bits per heavy atom. The molecule has 1 aliphatic rings. The Hall–Kier alpha value is -1.40. The van der Waals surface area contributed by atoms with E-state index in [-0.39, 0.29) is 11.8 Å². The molecule has 17 heavy (non-hydrogen) atoms. The van der Waals surface area contributed by atoms with Crippen LogP contribution in [0.3, 0.4) is 0 Å². The maximum Gasteiger partial charge on any atom is 0.357 e. The van der Waals surface area contributed by atoms with E-state index < -0.39 is 5.97 Å². The fourth-order valence-electron chi connectivity index (χ4n) is 1.99. The summed E-state index contributed by atoms with van der Waals surface area (Å²) < 4.78 is 10.6. The van der Waals surface area contributed by atoms with Crippen molar-refractivity contribution in [1.82, 2.24) is 9.88 Å². The van der Waals surface area contributed by atoms with Crippen LogP contribution in [0.4, 0.5) is 0 Å². The molecule has 1 N–H and O–H groups in total. The van der Waals surface area contributed by atoms with Crippen molar-refractivity contribution in [2.45, 2.75) is 26.0 Å². The van der Waals surface area contributed by atoms with Gasteiger partial charge in [-0.15, -0.1) is 0 Å². The molecule has 0 saturated carbocycles. The number of oxazole rings is 1. The third-order valence-electron chi connectivity index (χ3n) is 2.76. The zero-order chi connectivity index (χ0) is 12.3. The standard InChI is InChI=1S/C11H16N2O4/c1-2-16-8-3-4-13(5-8)6-10-12-9(7-17-10)11(14)15/h7-8H,2-6H2,1H3,(H,14,15). The van der Waals surface area contributed by atoms with Crippen LogP contribution in [0, 0.1) is 0 Å². The van der Waals surface area contributed by atoms with Crippen molar-refractivity contribution in [2.24, 2.45) is 0 Å². The summed E-state index contributed by atoms with van der Waals surface area (Å²) in [4.78, 5) is 16.7. The fraction of sp³-hybridized carbons (Fsp3) is 0.636. The third-order valence-corrected chi connectivity index (χ3v) is 2.76. The Balaban J connectivity index is 1.87. The zero-order valence-corrected chi connectivity index (χ0v) is 9.76. The minimum absolute atomic E-state index is 0.0412. The van der Waals surface area contributed by atoms with Gasteiger partial charge in [-0.2, -0.15) is 0 Å². The normalized spacial score (nSPS) is 20.9. The van der Waals surface area contributed by atoms with Crippen LogP contribution in [0.15, 0.2) is 10.7 Å². The highest BCUT2D eigenvalue weighted by Crippen LogP contribution is 2.15. The van der Waals surface area contributed by atoms with Crippen molar-refractivity contribution >= 4 is 5.97 Å². The second-order valence-electron chi connectivity index (χ2n) is 4.03. The van der Waals surface area contributed by atoms with Gasteiger partial charge in [-0.1, -0.05) is 0 Å². The van der Waals surface area contributed by atoms with Gasteiger partial charge in [-0.25, -0.2) is 9.78 Å². The smallest absolute Gasteiger partial charge is 0.357 e. The molecule has 6 nitrogen and oxygen atoms in total. The Labute approximate surface area is 99.2 Å². The van der Waals surface area contributed by atoms with Gasteiger partial charge in [0.15, 0.2) is 5.69 Å². The summed E-state index contributed by atoms with van der Waals surface area (Å²) in [6.45, 7) is 5.02. The fourth-order valence-corrected chi connectivity index (χ4v) is 1.99. The van der Waals surface area contributed by atoms with Gasteiger partial charge in [-0.3, -0.25) is 4.90 Å². The number of aromatic carboxylic acids is 1. The van der Waals surface area contributed by atoms with Crippen LogP contribution in [-0.2, 0) is 11.3 Å². The van der Waals surface area contributed by atoms with Gasteiger partial charge in [0.2, 0.25) is 5.89 Å². The van der Waals surface area contributed by atoms with Crippen molar-refractivity contribution in [1.29, 1.82) is 0 Å². The molecule has 1 aliphatic heterocycles. The summed E-state index contributed by atoms with van der Waals surface area (Å²) >= 11 is 0. The topological polar surface area (TPSA) is 75.8 Å². The summed E-state index contributed by atoms with van der Waals surface area (Å²) in [5.74, 6) is -0.617. The third kappa shape index (κ3) is 3.04. The Kier molecular flexibility index (Phi) is 3.75. The molecule has 1 atom stereocenters. The van der Waals surface area contributed by atoms with Crippen LogP contribution in [0.1, 0.15) is 29.7 Å².